The first kappa shape index (κ1) is 17.5. The molecule has 1 aromatic carbocycles. The first-order valence-corrected chi connectivity index (χ1v) is 8.75. The fraction of sp³-hybridized carbons (Fsp3) is 0.450. The lowest BCUT2D eigenvalue weighted by Crippen LogP contribution is -2.18. The van der Waals surface area contributed by atoms with Crippen molar-refractivity contribution in [1.82, 2.24) is 9.97 Å². The second-order valence-corrected chi connectivity index (χ2v) is 7.25. The molecule has 0 radical (unpaired) electrons. The van der Waals surface area contributed by atoms with Crippen LogP contribution in [0.2, 0.25) is 0 Å². The van der Waals surface area contributed by atoms with Crippen LogP contribution >= 0.6 is 0 Å². The number of carbonyl (C=O) groups excluding carboxylic acids is 1. The summed E-state index contributed by atoms with van der Waals surface area (Å²) in [7, 11) is 0. The number of hydrogen-bond donors (Lipinski definition) is 1. The molecule has 0 saturated heterocycles. The Morgan fingerprint density at radius 3 is 2.60 bits per heavy atom. The van der Waals surface area contributed by atoms with Gasteiger partial charge in [-0.15, -0.1) is 0 Å². The number of Topliss-reactive ketones (excluding diaryl/α,β-unsaturated/α-hetero) is 1. The van der Waals surface area contributed by atoms with E-state index in [1.807, 2.05) is 26.0 Å². The van der Waals surface area contributed by atoms with Crippen LogP contribution in [0.15, 0.2) is 29.1 Å². The van der Waals surface area contributed by atoms with Gasteiger partial charge in [-0.25, -0.2) is 9.37 Å². The number of ketones is 1. The molecule has 25 heavy (non-hydrogen) atoms. The Morgan fingerprint density at radius 2 is 2.04 bits per heavy atom. The summed E-state index contributed by atoms with van der Waals surface area (Å²) in [6.45, 7) is 5.67. The highest BCUT2D eigenvalue weighted by Crippen LogP contribution is 2.42. The summed E-state index contributed by atoms with van der Waals surface area (Å²) < 4.78 is 14.4. The molecule has 0 aliphatic heterocycles. The fourth-order valence-corrected chi connectivity index (χ4v) is 3.26. The summed E-state index contributed by atoms with van der Waals surface area (Å²) in [5.74, 6) is 0.450. The summed E-state index contributed by atoms with van der Waals surface area (Å²) in [6.07, 6.45) is 2.31. The van der Waals surface area contributed by atoms with E-state index >= 15 is 0 Å². The molecular formula is C20H23FN2O2. The third-order valence-electron chi connectivity index (χ3n) is 4.83. The van der Waals surface area contributed by atoms with Gasteiger partial charge in [-0.2, -0.15) is 0 Å². The van der Waals surface area contributed by atoms with Gasteiger partial charge in [0.2, 0.25) is 0 Å². The third-order valence-corrected chi connectivity index (χ3v) is 4.83. The average Bonchev–Trinajstić information content (AvgIpc) is 3.35. The fourth-order valence-electron chi connectivity index (χ4n) is 3.26. The van der Waals surface area contributed by atoms with Crippen LogP contribution in [0, 0.1) is 18.7 Å². The molecule has 2 aromatic rings. The minimum atomic E-state index is -0.336. The van der Waals surface area contributed by atoms with E-state index < -0.39 is 0 Å². The highest BCUT2D eigenvalue weighted by molar-refractivity contribution is 5.94. The van der Waals surface area contributed by atoms with Crippen molar-refractivity contribution in [1.29, 1.82) is 0 Å². The van der Waals surface area contributed by atoms with Crippen LogP contribution < -0.4 is 5.56 Å². The summed E-state index contributed by atoms with van der Waals surface area (Å²) in [5.41, 5.74) is 1.44. The van der Waals surface area contributed by atoms with Crippen LogP contribution in [0.5, 0.6) is 0 Å². The molecule has 4 nitrogen and oxygen atoms in total. The molecular weight excluding hydrogens is 319 g/mol. The molecule has 0 amide bonds. The lowest BCUT2D eigenvalue weighted by atomic mass is 9.83. The second-order valence-electron chi connectivity index (χ2n) is 7.25. The molecule has 132 valence electrons. The van der Waals surface area contributed by atoms with Gasteiger partial charge in [-0.05, 0) is 54.7 Å². The van der Waals surface area contributed by atoms with Crippen molar-refractivity contribution in [3.05, 3.63) is 63.1 Å². The van der Waals surface area contributed by atoms with Crippen molar-refractivity contribution in [2.75, 3.05) is 0 Å². The number of benzene rings is 1. The van der Waals surface area contributed by atoms with Crippen molar-refractivity contribution >= 4 is 5.78 Å². The number of aromatic amines is 1. The smallest absolute Gasteiger partial charge is 0.251 e. The number of rotatable bonds is 6. The van der Waals surface area contributed by atoms with E-state index in [0.717, 1.165) is 24.0 Å². The van der Waals surface area contributed by atoms with Gasteiger partial charge in [0.1, 0.15) is 17.3 Å². The molecule has 0 bridgehead atoms. The molecule has 1 heterocycles. The van der Waals surface area contributed by atoms with Gasteiger partial charge in [-0.3, -0.25) is 9.59 Å². The highest BCUT2D eigenvalue weighted by Gasteiger charge is 2.28. The molecule has 1 atom stereocenters. The maximum absolute atomic E-state index is 14.4. The van der Waals surface area contributed by atoms with Crippen LogP contribution in [0.1, 0.15) is 72.4 Å². The second kappa shape index (κ2) is 6.90. The normalized spacial score (nSPS) is 15.4. The summed E-state index contributed by atoms with van der Waals surface area (Å²) >= 11 is 0. The molecule has 1 aliphatic rings. The topological polar surface area (TPSA) is 62.8 Å². The first-order valence-electron chi connectivity index (χ1n) is 8.75. The maximum atomic E-state index is 14.4. The molecule has 1 fully saturated rings. The number of nitrogens with zero attached hydrogens (tertiary/aromatic N) is 1. The van der Waals surface area contributed by atoms with E-state index in [1.54, 1.807) is 13.0 Å². The maximum Gasteiger partial charge on any atom is 0.251 e. The molecule has 1 aromatic heterocycles. The molecule has 1 aliphatic carbocycles. The average molecular weight is 342 g/mol. The molecule has 3 rings (SSSR count). The zero-order valence-electron chi connectivity index (χ0n) is 14.8. The SMILES string of the molecule is Cc1nc(C(=O)C[C@@H](c2ccc(C3CC3)c(F)c2)C(C)C)cc(=O)[nH]1. The van der Waals surface area contributed by atoms with Crippen LogP contribution in [0.4, 0.5) is 4.39 Å². The van der Waals surface area contributed by atoms with E-state index in [4.69, 9.17) is 0 Å². The Bertz CT molecular complexity index is 853. The number of aryl methyl sites for hydroxylation is 1. The largest absolute Gasteiger partial charge is 0.311 e. The van der Waals surface area contributed by atoms with Gasteiger partial charge in [0, 0.05) is 12.5 Å². The Labute approximate surface area is 146 Å². The first-order chi connectivity index (χ1) is 11.8. The number of carbonyl (C=O) groups is 1. The van der Waals surface area contributed by atoms with Gasteiger partial charge in [0.15, 0.2) is 5.78 Å². The van der Waals surface area contributed by atoms with Crippen molar-refractivity contribution in [2.45, 2.75) is 51.9 Å². The van der Waals surface area contributed by atoms with E-state index in [1.165, 1.54) is 6.07 Å². The zero-order chi connectivity index (χ0) is 18.1. The molecule has 5 heteroatoms. The van der Waals surface area contributed by atoms with E-state index in [2.05, 4.69) is 9.97 Å². The van der Waals surface area contributed by atoms with Gasteiger partial charge < -0.3 is 4.98 Å². The van der Waals surface area contributed by atoms with Crippen molar-refractivity contribution in [3.8, 4) is 0 Å². The van der Waals surface area contributed by atoms with Gasteiger partial charge in [0.25, 0.3) is 5.56 Å². The number of nitrogens with one attached hydrogen (secondary N) is 1. The Kier molecular flexibility index (Phi) is 4.84. The minimum Gasteiger partial charge on any atom is -0.311 e. The Morgan fingerprint density at radius 1 is 1.32 bits per heavy atom. The summed E-state index contributed by atoms with van der Waals surface area (Å²) in [4.78, 5) is 30.8. The number of H-pyrrole nitrogens is 1. The lowest BCUT2D eigenvalue weighted by Gasteiger charge is -2.21. The highest BCUT2D eigenvalue weighted by atomic mass is 19.1. The molecule has 1 saturated carbocycles. The summed E-state index contributed by atoms with van der Waals surface area (Å²) in [5, 5.41) is 0. The van der Waals surface area contributed by atoms with Crippen molar-refractivity contribution in [2.24, 2.45) is 5.92 Å². The lowest BCUT2D eigenvalue weighted by molar-refractivity contribution is 0.0961. The van der Waals surface area contributed by atoms with Gasteiger partial charge >= 0.3 is 0 Å². The van der Waals surface area contributed by atoms with Crippen LogP contribution in [0.25, 0.3) is 0 Å². The van der Waals surface area contributed by atoms with Gasteiger partial charge in [0.05, 0.1) is 0 Å². The standard InChI is InChI=1S/C20H23FN2O2/c1-11(2)16(9-19(24)18-10-20(25)23-12(3)22-18)14-6-7-15(13-4-5-13)17(21)8-14/h6-8,10-11,13,16H,4-5,9H2,1-3H3,(H,22,23,25)/t16-/m1/s1. The number of aromatic nitrogens is 2. The Balaban J connectivity index is 1.85. The van der Waals surface area contributed by atoms with E-state index in [9.17, 15) is 14.0 Å². The third kappa shape index (κ3) is 4.03. The minimum absolute atomic E-state index is 0.114. The monoisotopic (exact) mass is 342 g/mol. The van der Waals surface area contributed by atoms with Crippen LogP contribution in [-0.4, -0.2) is 15.8 Å². The van der Waals surface area contributed by atoms with E-state index in [-0.39, 0.29) is 41.1 Å². The number of hydrogen-bond acceptors (Lipinski definition) is 3. The van der Waals surface area contributed by atoms with E-state index in [0.29, 0.717) is 11.7 Å². The summed E-state index contributed by atoms with van der Waals surface area (Å²) in [6, 6.07) is 6.59. The Hall–Kier alpha value is -2.30. The van der Waals surface area contributed by atoms with Crippen LogP contribution in [-0.2, 0) is 0 Å². The quantitative estimate of drug-likeness (QED) is 0.804. The number of halogens is 1. The van der Waals surface area contributed by atoms with Gasteiger partial charge in [-0.1, -0.05) is 26.0 Å². The zero-order valence-corrected chi connectivity index (χ0v) is 14.8. The van der Waals surface area contributed by atoms with Crippen LogP contribution in [0.3, 0.4) is 0 Å². The van der Waals surface area contributed by atoms with Crippen molar-refractivity contribution in [3.63, 3.8) is 0 Å². The van der Waals surface area contributed by atoms with Crippen molar-refractivity contribution < 1.29 is 9.18 Å². The molecule has 1 N–H and O–H groups in total. The molecule has 0 unspecified atom stereocenters. The molecule has 0 spiro atoms. The predicted octanol–water partition coefficient (Wildman–Crippen LogP) is 4.11. The predicted molar refractivity (Wildman–Crippen MR) is 94.5 cm³/mol.